The van der Waals surface area contributed by atoms with E-state index in [1.165, 1.54) is 9.88 Å². The van der Waals surface area contributed by atoms with Crippen molar-refractivity contribution in [2.45, 2.75) is 33.7 Å². The first-order valence-corrected chi connectivity index (χ1v) is 7.03. The summed E-state index contributed by atoms with van der Waals surface area (Å²) in [6.45, 7) is 9.81. The lowest BCUT2D eigenvalue weighted by Gasteiger charge is -2.28. The van der Waals surface area contributed by atoms with Crippen LogP contribution in [0.5, 0.6) is 0 Å². The first kappa shape index (κ1) is 14.6. The van der Waals surface area contributed by atoms with Crippen molar-refractivity contribution in [1.29, 1.82) is 0 Å². The van der Waals surface area contributed by atoms with Gasteiger partial charge in [0.1, 0.15) is 0 Å². The van der Waals surface area contributed by atoms with Crippen molar-refractivity contribution in [3.8, 4) is 0 Å². The van der Waals surface area contributed by atoms with Gasteiger partial charge < -0.3 is 10.2 Å². The van der Waals surface area contributed by atoms with Gasteiger partial charge in [-0.1, -0.05) is 20.8 Å². The molecule has 0 radical (unpaired) electrons. The summed E-state index contributed by atoms with van der Waals surface area (Å²) in [7, 11) is 4.25. The number of aryl methyl sites for hydroxylation is 1. The molecule has 1 rings (SSSR count). The van der Waals surface area contributed by atoms with Crippen LogP contribution in [-0.4, -0.2) is 37.1 Å². The zero-order chi connectivity index (χ0) is 12.9. The highest BCUT2D eigenvalue weighted by Gasteiger charge is 2.18. The van der Waals surface area contributed by atoms with E-state index in [9.17, 15) is 0 Å². The molecule has 0 aliphatic rings. The standard InChI is InChI=1S/C13H25N3S/c1-6-12-15-8-11(17-12)7-14-9-13(2,3)10-16(4)5/h8,14H,6-7,9-10H2,1-5H3. The van der Waals surface area contributed by atoms with Gasteiger partial charge in [0, 0.05) is 30.7 Å². The molecule has 98 valence electrons. The Bertz CT molecular complexity index is 331. The summed E-state index contributed by atoms with van der Waals surface area (Å²) in [6.07, 6.45) is 3.03. The minimum Gasteiger partial charge on any atom is -0.311 e. The van der Waals surface area contributed by atoms with Crippen LogP contribution in [0.15, 0.2) is 6.20 Å². The van der Waals surface area contributed by atoms with Crippen LogP contribution in [0, 0.1) is 5.41 Å². The van der Waals surface area contributed by atoms with Crippen LogP contribution in [0.25, 0.3) is 0 Å². The molecule has 0 aliphatic carbocycles. The fourth-order valence-electron chi connectivity index (χ4n) is 2.03. The smallest absolute Gasteiger partial charge is 0.0925 e. The highest BCUT2D eigenvalue weighted by Crippen LogP contribution is 2.16. The Balaban J connectivity index is 2.31. The number of thiazole rings is 1. The van der Waals surface area contributed by atoms with Crippen molar-refractivity contribution in [3.05, 3.63) is 16.1 Å². The number of nitrogens with one attached hydrogen (secondary N) is 1. The molecule has 17 heavy (non-hydrogen) atoms. The zero-order valence-corrected chi connectivity index (χ0v) is 12.5. The fourth-order valence-corrected chi connectivity index (χ4v) is 2.86. The third-order valence-corrected chi connectivity index (χ3v) is 3.69. The SMILES string of the molecule is CCc1ncc(CNCC(C)(C)CN(C)C)s1. The second-order valence-corrected chi connectivity index (χ2v) is 6.78. The second kappa shape index (κ2) is 6.47. The zero-order valence-electron chi connectivity index (χ0n) is 11.7. The molecule has 1 heterocycles. The van der Waals surface area contributed by atoms with Crippen LogP contribution in [-0.2, 0) is 13.0 Å². The quantitative estimate of drug-likeness (QED) is 0.811. The van der Waals surface area contributed by atoms with E-state index in [1.54, 1.807) is 0 Å². The van der Waals surface area contributed by atoms with Crippen LogP contribution in [0.1, 0.15) is 30.7 Å². The van der Waals surface area contributed by atoms with Gasteiger partial charge in [-0.15, -0.1) is 11.3 Å². The molecule has 4 heteroatoms. The summed E-state index contributed by atoms with van der Waals surface area (Å²) in [5.41, 5.74) is 0.307. The Labute approximate surface area is 109 Å². The summed E-state index contributed by atoms with van der Waals surface area (Å²) < 4.78 is 0. The summed E-state index contributed by atoms with van der Waals surface area (Å²) in [6, 6.07) is 0. The van der Waals surface area contributed by atoms with Crippen molar-refractivity contribution < 1.29 is 0 Å². The Morgan fingerprint density at radius 1 is 1.41 bits per heavy atom. The van der Waals surface area contributed by atoms with Crippen molar-refractivity contribution in [2.24, 2.45) is 5.41 Å². The minimum absolute atomic E-state index is 0.307. The third-order valence-electron chi connectivity index (χ3n) is 2.55. The summed E-state index contributed by atoms with van der Waals surface area (Å²) in [5, 5.41) is 4.76. The second-order valence-electron chi connectivity index (χ2n) is 5.58. The maximum atomic E-state index is 4.37. The van der Waals surface area contributed by atoms with E-state index in [2.05, 4.69) is 50.1 Å². The average molecular weight is 255 g/mol. The molecule has 0 aliphatic heterocycles. The maximum Gasteiger partial charge on any atom is 0.0925 e. The normalized spacial score (nSPS) is 12.4. The van der Waals surface area contributed by atoms with Crippen LogP contribution in [0.4, 0.5) is 0 Å². The van der Waals surface area contributed by atoms with Gasteiger partial charge in [0.15, 0.2) is 0 Å². The van der Waals surface area contributed by atoms with Crippen molar-refractivity contribution in [3.63, 3.8) is 0 Å². The van der Waals surface area contributed by atoms with Crippen molar-refractivity contribution >= 4 is 11.3 Å². The van der Waals surface area contributed by atoms with E-state index in [0.717, 1.165) is 26.1 Å². The monoisotopic (exact) mass is 255 g/mol. The number of rotatable bonds is 7. The molecule has 0 bridgehead atoms. The molecule has 3 nitrogen and oxygen atoms in total. The average Bonchev–Trinajstić information content (AvgIpc) is 2.63. The molecule has 0 spiro atoms. The molecule has 0 aromatic carbocycles. The molecule has 0 fully saturated rings. The summed E-state index contributed by atoms with van der Waals surface area (Å²) >= 11 is 1.81. The molecule has 0 saturated heterocycles. The molecule has 0 saturated carbocycles. The van der Waals surface area contributed by atoms with Gasteiger partial charge in [-0.2, -0.15) is 0 Å². The van der Waals surface area contributed by atoms with Gasteiger partial charge in [-0.05, 0) is 25.9 Å². The molecular weight excluding hydrogens is 230 g/mol. The largest absolute Gasteiger partial charge is 0.311 e. The lowest BCUT2D eigenvalue weighted by Crippen LogP contribution is -2.37. The van der Waals surface area contributed by atoms with Crippen LogP contribution in [0.2, 0.25) is 0 Å². The van der Waals surface area contributed by atoms with Crippen LogP contribution < -0.4 is 5.32 Å². The van der Waals surface area contributed by atoms with Gasteiger partial charge >= 0.3 is 0 Å². The molecule has 1 aromatic heterocycles. The highest BCUT2D eigenvalue weighted by molar-refractivity contribution is 7.11. The van der Waals surface area contributed by atoms with E-state index in [-0.39, 0.29) is 0 Å². The molecule has 0 atom stereocenters. The Hall–Kier alpha value is -0.450. The van der Waals surface area contributed by atoms with Gasteiger partial charge in [0.2, 0.25) is 0 Å². The lowest BCUT2D eigenvalue weighted by molar-refractivity contribution is 0.232. The predicted octanol–water partition coefficient (Wildman–Crippen LogP) is 2.38. The van der Waals surface area contributed by atoms with Gasteiger partial charge in [0.25, 0.3) is 0 Å². The molecule has 1 aromatic rings. The van der Waals surface area contributed by atoms with Gasteiger partial charge in [-0.3, -0.25) is 0 Å². The van der Waals surface area contributed by atoms with E-state index < -0.39 is 0 Å². The highest BCUT2D eigenvalue weighted by atomic mass is 32.1. The van der Waals surface area contributed by atoms with Crippen LogP contribution in [0.3, 0.4) is 0 Å². The molecule has 0 unspecified atom stereocenters. The van der Waals surface area contributed by atoms with E-state index in [4.69, 9.17) is 0 Å². The number of nitrogens with zero attached hydrogens (tertiary/aromatic N) is 2. The summed E-state index contributed by atoms with van der Waals surface area (Å²) in [5.74, 6) is 0. The van der Waals surface area contributed by atoms with E-state index in [0.29, 0.717) is 5.41 Å². The number of hydrogen-bond donors (Lipinski definition) is 1. The minimum atomic E-state index is 0.307. The Morgan fingerprint density at radius 2 is 2.12 bits per heavy atom. The van der Waals surface area contributed by atoms with Gasteiger partial charge in [0.05, 0.1) is 5.01 Å². The molecular formula is C13H25N3S. The predicted molar refractivity (Wildman–Crippen MR) is 75.5 cm³/mol. The van der Waals surface area contributed by atoms with E-state index >= 15 is 0 Å². The number of hydrogen-bond acceptors (Lipinski definition) is 4. The lowest BCUT2D eigenvalue weighted by atomic mass is 9.93. The van der Waals surface area contributed by atoms with E-state index in [1.807, 2.05) is 17.5 Å². The third kappa shape index (κ3) is 5.61. The van der Waals surface area contributed by atoms with Crippen LogP contribution >= 0.6 is 11.3 Å². The maximum absolute atomic E-state index is 4.37. The van der Waals surface area contributed by atoms with Gasteiger partial charge in [-0.25, -0.2) is 4.98 Å². The summed E-state index contributed by atoms with van der Waals surface area (Å²) in [4.78, 5) is 7.94. The Kier molecular flexibility index (Phi) is 5.56. The first-order valence-electron chi connectivity index (χ1n) is 6.22. The van der Waals surface area contributed by atoms with Crippen molar-refractivity contribution in [1.82, 2.24) is 15.2 Å². The molecule has 1 N–H and O–H groups in total. The Morgan fingerprint density at radius 3 is 2.65 bits per heavy atom. The fraction of sp³-hybridized carbons (Fsp3) is 0.769. The first-order chi connectivity index (χ1) is 7.93. The molecule has 0 amide bonds. The number of aromatic nitrogens is 1. The van der Waals surface area contributed by atoms with Crippen molar-refractivity contribution in [2.75, 3.05) is 27.2 Å². The topological polar surface area (TPSA) is 28.2 Å².